The summed E-state index contributed by atoms with van der Waals surface area (Å²) >= 11 is 0. The summed E-state index contributed by atoms with van der Waals surface area (Å²) in [7, 11) is 1.63. The van der Waals surface area contributed by atoms with Gasteiger partial charge in [0.1, 0.15) is 12.4 Å². The van der Waals surface area contributed by atoms with Crippen LogP contribution in [0.3, 0.4) is 0 Å². The van der Waals surface area contributed by atoms with Gasteiger partial charge in [-0.2, -0.15) is 0 Å². The van der Waals surface area contributed by atoms with Crippen molar-refractivity contribution in [1.29, 1.82) is 0 Å². The summed E-state index contributed by atoms with van der Waals surface area (Å²) < 4.78 is 21.9. The highest BCUT2D eigenvalue weighted by atomic mass is 16.6. The average molecular weight is 335 g/mol. The molecule has 2 aliphatic rings. The quantitative estimate of drug-likeness (QED) is 0.803. The lowest BCUT2D eigenvalue weighted by Gasteiger charge is -2.39. The van der Waals surface area contributed by atoms with Crippen LogP contribution in [-0.4, -0.2) is 57.7 Å². The second-order valence-corrected chi connectivity index (χ2v) is 6.17. The predicted molar refractivity (Wildman–Crippen MR) is 88.4 cm³/mol. The molecule has 24 heavy (non-hydrogen) atoms. The van der Waals surface area contributed by atoms with Crippen molar-refractivity contribution < 1.29 is 23.7 Å². The van der Waals surface area contributed by atoms with E-state index >= 15 is 0 Å². The topological polar surface area (TPSA) is 66.0 Å². The molecule has 1 amide bonds. The summed E-state index contributed by atoms with van der Waals surface area (Å²) in [5, 5.41) is 3.10. The Bertz CT molecular complexity index is 533. The maximum Gasteiger partial charge on any atom is 0.251 e. The molecule has 2 fully saturated rings. The fourth-order valence-corrected chi connectivity index (χ4v) is 3.21. The van der Waals surface area contributed by atoms with Crippen molar-refractivity contribution >= 4 is 5.91 Å². The van der Waals surface area contributed by atoms with Gasteiger partial charge in [-0.3, -0.25) is 4.79 Å². The van der Waals surface area contributed by atoms with Crippen LogP contribution in [0.1, 0.15) is 29.6 Å². The fraction of sp³-hybridized carbons (Fsp3) is 0.611. The number of ether oxygens (including phenoxy) is 4. The van der Waals surface area contributed by atoms with Crippen LogP contribution >= 0.6 is 0 Å². The SMILES string of the molecule is COCCOc1ccc(C(=O)NC2CCC3OCCOC3C2)cc1. The van der Waals surface area contributed by atoms with Crippen molar-refractivity contribution in [2.75, 3.05) is 33.5 Å². The Morgan fingerprint density at radius 3 is 2.62 bits per heavy atom. The van der Waals surface area contributed by atoms with Crippen molar-refractivity contribution in [3.05, 3.63) is 29.8 Å². The number of carbonyl (C=O) groups is 1. The molecule has 0 radical (unpaired) electrons. The molecule has 3 unspecified atom stereocenters. The van der Waals surface area contributed by atoms with Crippen LogP contribution in [0, 0.1) is 0 Å². The lowest BCUT2D eigenvalue weighted by atomic mass is 9.89. The summed E-state index contributed by atoms with van der Waals surface area (Å²) in [6.07, 6.45) is 2.97. The van der Waals surface area contributed by atoms with Gasteiger partial charge in [-0.15, -0.1) is 0 Å². The third kappa shape index (κ3) is 4.47. The van der Waals surface area contributed by atoms with E-state index in [0.29, 0.717) is 32.0 Å². The van der Waals surface area contributed by atoms with Gasteiger partial charge < -0.3 is 24.3 Å². The molecular weight excluding hydrogens is 310 g/mol. The standard InChI is InChI=1S/C18H25NO5/c1-21-8-9-22-15-5-2-13(3-6-15)18(20)19-14-4-7-16-17(12-14)24-11-10-23-16/h2-3,5-6,14,16-17H,4,7-12H2,1H3,(H,19,20). The molecule has 3 atom stereocenters. The second kappa shape index (κ2) is 8.46. The minimum Gasteiger partial charge on any atom is -0.491 e. The first-order valence-corrected chi connectivity index (χ1v) is 8.52. The molecule has 1 heterocycles. The molecule has 1 saturated carbocycles. The maximum absolute atomic E-state index is 12.4. The number of amides is 1. The van der Waals surface area contributed by atoms with Crippen LogP contribution in [0.25, 0.3) is 0 Å². The number of rotatable bonds is 6. The number of methoxy groups -OCH3 is 1. The zero-order valence-corrected chi connectivity index (χ0v) is 14.0. The largest absolute Gasteiger partial charge is 0.491 e. The van der Waals surface area contributed by atoms with Crippen LogP contribution in [0.5, 0.6) is 5.75 Å². The molecule has 3 rings (SSSR count). The third-order valence-corrected chi connectivity index (χ3v) is 4.49. The van der Waals surface area contributed by atoms with Gasteiger partial charge in [0, 0.05) is 18.7 Å². The molecule has 0 bridgehead atoms. The lowest BCUT2D eigenvalue weighted by Crippen LogP contribution is -2.49. The highest BCUT2D eigenvalue weighted by Gasteiger charge is 2.34. The molecule has 6 nitrogen and oxygen atoms in total. The summed E-state index contributed by atoms with van der Waals surface area (Å²) in [5.41, 5.74) is 0.636. The number of benzene rings is 1. The molecule has 1 aliphatic carbocycles. The van der Waals surface area contributed by atoms with Gasteiger partial charge in [0.2, 0.25) is 0 Å². The summed E-state index contributed by atoms with van der Waals surface area (Å²) in [5.74, 6) is 0.676. The van der Waals surface area contributed by atoms with Gasteiger partial charge in [-0.1, -0.05) is 0 Å². The van der Waals surface area contributed by atoms with Crippen molar-refractivity contribution in [2.45, 2.75) is 37.5 Å². The maximum atomic E-state index is 12.4. The number of hydrogen-bond donors (Lipinski definition) is 1. The highest BCUT2D eigenvalue weighted by molar-refractivity contribution is 5.94. The molecular formula is C18H25NO5. The Kier molecular flexibility index (Phi) is 6.07. The summed E-state index contributed by atoms with van der Waals surface area (Å²) in [6, 6.07) is 7.31. The normalized spacial score (nSPS) is 26.5. The van der Waals surface area contributed by atoms with Crippen molar-refractivity contribution in [3.8, 4) is 5.75 Å². The Balaban J connectivity index is 1.49. The zero-order valence-electron chi connectivity index (χ0n) is 14.0. The molecule has 1 saturated heterocycles. The van der Waals surface area contributed by atoms with E-state index in [-0.39, 0.29) is 24.2 Å². The van der Waals surface area contributed by atoms with Crippen LogP contribution in [0.4, 0.5) is 0 Å². The smallest absolute Gasteiger partial charge is 0.251 e. The van der Waals surface area contributed by atoms with E-state index < -0.39 is 0 Å². The van der Waals surface area contributed by atoms with Gasteiger partial charge in [0.15, 0.2) is 0 Å². The molecule has 1 aromatic rings. The third-order valence-electron chi connectivity index (χ3n) is 4.49. The Labute approximate surface area is 142 Å². The first-order chi connectivity index (χ1) is 11.8. The molecule has 1 aromatic carbocycles. The molecule has 0 spiro atoms. The van der Waals surface area contributed by atoms with E-state index in [9.17, 15) is 4.79 Å². The highest BCUT2D eigenvalue weighted by Crippen LogP contribution is 2.27. The van der Waals surface area contributed by atoms with Crippen molar-refractivity contribution in [1.82, 2.24) is 5.32 Å². The van der Waals surface area contributed by atoms with E-state index in [1.807, 2.05) is 0 Å². The molecule has 1 aliphatic heterocycles. The average Bonchev–Trinajstić information content (AvgIpc) is 2.62. The van der Waals surface area contributed by atoms with E-state index in [4.69, 9.17) is 18.9 Å². The van der Waals surface area contributed by atoms with E-state index in [1.165, 1.54) is 0 Å². The lowest BCUT2D eigenvalue weighted by molar-refractivity contribution is -0.157. The van der Waals surface area contributed by atoms with Crippen molar-refractivity contribution in [2.24, 2.45) is 0 Å². The van der Waals surface area contributed by atoms with Gasteiger partial charge >= 0.3 is 0 Å². The van der Waals surface area contributed by atoms with E-state index in [1.54, 1.807) is 31.4 Å². The summed E-state index contributed by atoms with van der Waals surface area (Å²) in [6.45, 7) is 2.36. The van der Waals surface area contributed by atoms with Crippen LogP contribution < -0.4 is 10.1 Å². The Morgan fingerprint density at radius 2 is 1.88 bits per heavy atom. The van der Waals surface area contributed by atoms with Gasteiger partial charge in [0.05, 0.1) is 32.0 Å². The Morgan fingerprint density at radius 1 is 1.12 bits per heavy atom. The van der Waals surface area contributed by atoms with E-state index in [0.717, 1.165) is 25.0 Å². The first kappa shape index (κ1) is 17.2. The minimum atomic E-state index is -0.0568. The zero-order chi connectivity index (χ0) is 16.8. The van der Waals surface area contributed by atoms with Crippen LogP contribution in [0.2, 0.25) is 0 Å². The predicted octanol–water partition coefficient (Wildman–Crippen LogP) is 1.78. The number of nitrogens with one attached hydrogen (secondary N) is 1. The van der Waals surface area contributed by atoms with Crippen molar-refractivity contribution in [3.63, 3.8) is 0 Å². The number of hydrogen-bond acceptors (Lipinski definition) is 5. The monoisotopic (exact) mass is 335 g/mol. The Hall–Kier alpha value is -1.63. The van der Waals surface area contributed by atoms with Gasteiger partial charge in [-0.05, 0) is 43.5 Å². The van der Waals surface area contributed by atoms with Gasteiger partial charge in [-0.25, -0.2) is 0 Å². The molecule has 1 N–H and O–H groups in total. The first-order valence-electron chi connectivity index (χ1n) is 8.52. The molecule has 0 aromatic heterocycles. The number of carbonyl (C=O) groups excluding carboxylic acids is 1. The summed E-state index contributed by atoms with van der Waals surface area (Å²) in [4.78, 5) is 12.4. The minimum absolute atomic E-state index is 0.0568. The fourth-order valence-electron chi connectivity index (χ4n) is 3.21. The van der Waals surface area contributed by atoms with Gasteiger partial charge in [0.25, 0.3) is 5.91 Å². The molecule has 132 valence electrons. The van der Waals surface area contributed by atoms with E-state index in [2.05, 4.69) is 5.32 Å². The number of fused-ring (bicyclic) bond motifs is 1. The van der Waals surface area contributed by atoms with Crippen LogP contribution in [0.15, 0.2) is 24.3 Å². The second-order valence-electron chi connectivity index (χ2n) is 6.17. The molecule has 6 heteroatoms. The van der Waals surface area contributed by atoms with Crippen LogP contribution in [-0.2, 0) is 14.2 Å².